The molecule has 0 saturated carbocycles. The molecule has 6 nitrogen and oxygen atoms in total. The SMILES string of the molecule is CC(CC(=O)O)NC(=O)c1cnc(-c2ccco2)s1. The van der Waals surface area contributed by atoms with Gasteiger partial charge in [-0.15, -0.1) is 11.3 Å². The summed E-state index contributed by atoms with van der Waals surface area (Å²) in [7, 11) is 0. The van der Waals surface area contributed by atoms with Crippen LogP contribution in [0.1, 0.15) is 23.0 Å². The summed E-state index contributed by atoms with van der Waals surface area (Å²) in [5, 5.41) is 11.8. The fourth-order valence-electron chi connectivity index (χ4n) is 1.50. The zero-order valence-corrected chi connectivity index (χ0v) is 10.9. The second kappa shape index (κ2) is 5.66. The molecule has 100 valence electrons. The molecule has 0 aromatic carbocycles. The van der Waals surface area contributed by atoms with Crippen molar-refractivity contribution >= 4 is 23.2 Å². The molecule has 0 bridgehead atoms. The van der Waals surface area contributed by atoms with E-state index in [2.05, 4.69) is 10.3 Å². The van der Waals surface area contributed by atoms with E-state index in [9.17, 15) is 9.59 Å². The molecule has 1 atom stereocenters. The first kappa shape index (κ1) is 13.3. The molecule has 0 aliphatic heterocycles. The molecular formula is C12H12N2O4S. The minimum atomic E-state index is -0.951. The van der Waals surface area contributed by atoms with Crippen molar-refractivity contribution in [3.05, 3.63) is 29.5 Å². The van der Waals surface area contributed by atoms with Crippen molar-refractivity contribution in [1.82, 2.24) is 10.3 Å². The summed E-state index contributed by atoms with van der Waals surface area (Å²) < 4.78 is 5.18. The third-order valence-electron chi connectivity index (χ3n) is 2.32. The predicted octanol–water partition coefficient (Wildman–Crippen LogP) is 2.00. The maximum atomic E-state index is 11.9. The van der Waals surface area contributed by atoms with Gasteiger partial charge in [-0.25, -0.2) is 4.98 Å². The fraction of sp³-hybridized carbons (Fsp3) is 0.250. The van der Waals surface area contributed by atoms with Crippen LogP contribution in [0.4, 0.5) is 0 Å². The molecule has 1 amide bonds. The zero-order chi connectivity index (χ0) is 13.8. The van der Waals surface area contributed by atoms with Crippen molar-refractivity contribution in [3.8, 4) is 10.8 Å². The normalized spacial score (nSPS) is 12.1. The lowest BCUT2D eigenvalue weighted by atomic mass is 10.2. The Kier molecular flexibility index (Phi) is 3.96. The molecule has 0 spiro atoms. The molecule has 19 heavy (non-hydrogen) atoms. The van der Waals surface area contributed by atoms with Crippen molar-refractivity contribution in [2.45, 2.75) is 19.4 Å². The number of thiazole rings is 1. The molecule has 1 unspecified atom stereocenters. The Bertz CT molecular complexity index is 576. The van der Waals surface area contributed by atoms with Gasteiger partial charge in [-0.1, -0.05) is 0 Å². The Morgan fingerprint density at radius 2 is 2.37 bits per heavy atom. The van der Waals surface area contributed by atoms with Crippen LogP contribution in [0.5, 0.6) is 0 Å². The Hall–Kier alpha value is -2.15. The highest BCUT2D eigenvalue weighted by Crippen LogP contribution is 2.25. The fourth-order valence-corrected chi connectivity index (χ4v) is 2.29. The first-order valence-corrected chi connectivity index (χ1v) is 6.40. The van der Waals surface area contributed by atoms with E-state index in [0.717, 1.165) is 0 Å². The topological polar surface area (TPSA) is 92.4 Å². The molecule has 0 saturated heterocycles. The number of carboxylic acids is 1. The molecule has 0 radical (unpaired) electrons. The first-order chi connectivity index (χ1) is 9.06. The van der Waals surface area contributed by atoms with E-state index in [0.29, 0.717) is 15.6 Å². The summed E-state index contributed by atoms with van der Waals surface area (Å²) in [4.78, 5) is 26.9. The van der Waals surface area contributed by atoms with E-state index < -0.39 is 12.0 Å². The average Bonchev–Trinajstić information content (AvgIpc) is 2.99. The van der Waals surface area contributed by atoms with Crippen LogP contribution in [0.25, 0.3) is 10.8 Å². The largest absolute Gasteiger partial charge is 0.481 e. The number of amides is 1. The number of hydrogen-bond acceptors (Lipinski definition) is 5. The molecular weight excluding hydrogens is 268 g/mol. The number of aliphatic carboxylic acids is 1. The Morgan fingerprint density at radius 1 is 1.58 bits per heavy atom. The first-order valence-electron chi connectivity index (χ1n) is 5.58. The molecule has 2 aromatic heterocycles. The molecule has 2 rings (SSSR count). The average molecular weight is 280 g/mol. The van der Waals surface area contributed by atoms with Crippen molar-refractivity contribution in [2.75, 3.05) is 0 Å². The monoisotopic (exact) mass is 280 g/mol. The third-order valence-corrected chi connectivity index (χ3v) is 3.33. The summed E-state index contributed by atoms with van der Waals surface area (Å²) in [6.45, 7) is 1.64. The van der Waals surface area contributed by atoms with Gasteiger partial charge in [0, 0.05) is 6.04 Å². The van der Waals surface area contributed by atoms with Gasteiger partial charge >= 0.3 is 5.97 Å². The lowest BCUT2D eigenvalue weighted by Crippen LogP contribution is -2.33. The Morgan fingerprint density at radius 3 is 3.00 bits per heavy atom. The molecule has 2 heterocycles. The van der Waals surface area contributed by atoms with Gasteiger partial charge in [-0.3, -0.25) is 9.59 Å². The molecule has 2 N–H and O–H groups in total. The number of aromatic nitrogens is 1. The van der Waals surface area contributed by atoms with Crippen molar-refractivity contribution in [1.29, 1.82) is 0 Å². The number of nitrogens with one attached hydrogen (secondary N) is 1. The summed E-state index contributed by atoms with van der Waals surface area (Å²) in [6, 6.07) is 3.07. The van der Waals surface area contributed by atoms with Gasteiger partial charge in [-0.2, -0.15) is 0 Å². The number of rotatable bonds is 5. The number of carbonyl (C=O) groups excluding carboxylic acids is 1. The molecule has 0 aliphatic rings. The molecule has 0 fully saturated rings. The maximum absolute atomic E-state index is 11.9. The van der Waals surface area contributed by atoms with Crippen molar-refractivity contribution in [2.24, 2.45) is 0 Å². The van der Waals surface area contributed by atoms with Crippen LogP contribution in [0.3, 0.4) is 0 Å². The van der Waals surface area contributed by atoms with E-state index in [1.165, 1.54) is 23.8 Å². The minimum Gasteiger partial charge on any atom is -0.481 e. The van der Waals surface area contributed by atoms with Gasteiger partial charge in [0.15, 0.2) is 10.8 Å². The number of carbonyl (C=O) groups is 2. The van der Waals surface area contributed by atoms with Crippen LogP contribution < -0.4 is 5.32 Å². The van der Waals surface area contributed by atoms with Gasteiger partial charge < -0.3 is 14.8 Å². The minimum absolute atomic E-state index is 0.115. The quantitative estimate of drug-likeness (QED) is 0.873. The Labute approximate surface area is 113 Å². The molecule has 2 aromatic rings. The van der Waals surface area contributed by atoms with Crippen LogP contribution in [0, 0.1) is 0 Å². The Balaban J connectivity index is 2.02. The van der Waals surface area contributed by atoms with E-state index in [1.54, 1.807) is 19.1 Å². The third kappa shape index (κ3) is 3.41. The van der Waals surface area contributed by atoms with E-state index in [4.69, 9.17) is 9.52 Å². The lowest BCUT2D eigenvalue weighted by Gasteiger charge is -2.09. The van der Waals surface area contributed by atoms with Gasteiger partial charge in [0.1, 0.15) is 4.88 Å². The van der Waals surface area contributed by atoms with Gasteiger partial charge in [0.05, 0.1) is 18.9 Å². The number of hydrogen-bond donors (Lipinski definition) is 2. The summed E-state index contributed by atoms with van der Waals surface area (Å²) in [5.74, 6) is -0.680. The smallest absolute Gasteiger partial charge is 0.305 e. The number of carboxylic acid groups (broad SMARTS) is 1. The molecule has 7 heteroatoms. The maximum Gasteiger partial charge on any atom is 0.305 e. The highest BCUT2D eigenvalue weighted by atomic mass is 32.1. The van der Waals surface area contributed by atoms with Crippen LogP contribution >= 0.6 is 11.3 Å². The van der Waals surface area contributed by atoms with Gasteiger partial charge in [0.25, 0.3) is 5.91 Å². The second-order valence-electron chi connectivity index (χ2n) is 3.98. The van der Waals surface area contributed by atoms with Crippen molar-refractivity contribution < 1.29 is 19.1 Å². The standard InChI is InChI=1S/C12H12N2O4S/c1-7(5-10(15)16)14-11(17)9-6-13-12(19-9)8-3-2-4-18-8/h2-4,6-7H,5H2,1H3,(H,14,17)(H,15,16). The lowest BCUT2D eigenvalue weighted by molar-refractivity contribution is -0.137. The number of furan rings is 1. The second-order valence-corrected chi connectivity index (χ2v) is 5.01. The highest BCUT2D eigenvalue weighted by molar-refractivity contribution is 7.16. The highest BCUT2D eigenvalue weighted by Gasteiger charge is 2.16. The predicted molar refractivity (Wildman–Crippen MR) is 69.0 cm³/mol. The summed E-state index contributed by atoms with van der Waals surface area (Å²) >= 11 is 1.20. The van der Waals surface area contributed by atoms with Crippen molar-refractivity contribution in [3.63, 3.8) is 0 Å². The zero-order valence-electron chi connectivity index (χ0n) is 10.1. The van der Waals surface area contributed by atoms with Crippen LogP contribution in [0.15, 0.2) is 29.0 Å². The van der Waals surface area contributed by atoms with Crippen LogP contribution in [-0.4, -0.2) is 28.0 Å². The molecule has 0 aliphatic carbocycles. The summed E-state index contributed by atoms with van der Waals surface area (Å²) in [6.07, 6.45) is 2.87. The van der Waals surface area contributed by atoms with Crippen LogP contribution in [0.2, 0.25) is 0 Å². The van der Waals surface area contributed by atoms with Crippen LogP contribution in [-0.2, 0) is 4.79 Å². The van der Waals surface area contributed by atoms with E-state index in [1.807, 2.05) is 0 Å². The van der Waals surface area contributed by atoms with Gasteiger partial charge in [-0.05, 0) is 19.1 Å². The van der Waals surface area contributed by atoms with Gasteiger partial charge in [0.2, 0.25) is 0 Å². The summed E-state index contributed by atoms with van der Waals surface area (Å²) in [5.41, 5.74) is 0. The van der Waals surface area contributed by atoms with E-state index in [-0.39, 0.29) is 12.3 Å². The van der Waals surface area contributed by atoms with E-state index >= 15 is 0 Å². The number of nitrogens with zero attached hydrogens (tertiary/aromatic N) is 1.